The SMILES string of the molecule is CC.CC.CC.C[C@H](CC(=O)[C@@H]1CCCNC(=O)CC[N+]2=C(C=CC=C3N(CCC(=O)N[C@@H](C)C(=O)C[C@H](Cc4ccccc4)C(=O)N1)c1ccc4ccccc4c1C3(C)C)C(C)(C)c1c2ccc2ccccc12)C(=O)O.[CH3-]. The molecule has 0 aromatic heterocycles. The second-order valence-corrected chi connectivity index (χ2v) is 20.5. The van der Waals surface area contributed by atoms with Gasteiger partial charge in [-0.1, -0.05) is 153 Å². The Bertz CT molecular complexity index is 3010. The number of hydrogen-bond donors (Lipinski definition) is 4. The van der Waals surface area contributed by atoms with Crippen LogP contribution in [0.5, 0.6) is 0 Å². The molecule has 0 bridgehead atoms. The van der Waals surface area contributed by atoms with E-state index in [0.717, 1.165) is 55.5 Å². The van der Waals surface area contributed by atoms with Crippen LogP contribution in [0.1, 0.15) is 138 Å². The molecule has 3 aliphatic rings. The minimum Gasteiger partial charge on any atom is -0.481 e. The smallest absolute Gasteiger partial charge is 0.306 e. The van der Waals surface area contributed by atoms with Gasteiger partial charge in [0.25, 0.3) is 0 Å². The van der Waals surface area contributed by atoms with Crippen molar-refractivity contribution in [2.45, 2.75) is 151 Å². The second-order valence-electron chi connectivity index (χ2n) is 20.5. The fourth-order valence-electron chi connectivity index (χ4n) is 10.9. The zero-order chi connectivity index (χ0) is 56.6. The number of carboxylic acid groups (broad SMARTS) is 1. The van der Waals surface area contributed by atoms with Crippen LogP contribution in [-0.4, -0.2) is 82.4 Å². The van der Waals surface area contributed by atoms with Gasteiger partial charge in [0.1, 0.15) is 0 Å². The van der Waals surface area contributed by atoms with Crippen molar-refractivity contribution in [1.82, 2.24) is 16.0 Å². The first kappa shape index (κ1) is 63.3. The van der Waals surface area contributed by atoms with Crippen LogP contribution < -0.4 is 20.9 Å². The van der Waals surface area contributed by atoms with Crippen LogP contribution in [0.15, 0.2) is 127 Å². The first-order valence-corrected chi connectivity index (χ1v) is 28.0. The van der Waals surface area contributed by atoms with E-state index in [1.807, 2.05) is 90.1 Å². The number of amides is 3. The van der Waals surface area contributed by atoms with Crippen LogP contribution in [0.4, 0.5) is 11.4 Å². The molecule has 418 valence electrons. The molecule has 0 aliphatic carbocycles. The molecule has 0 saturated heterocycles. The van der Waals surface area contributed by atoms with Crippen molar-refractivity contribution in [2.24, 2.45) is 11.8 Å². The van der Waals surface area contributed by atoms with Crippen molar-refractivity contribution in [3.8, 4) is 0 Å². The molecule has 0 fully saturated rings. The summed E-state index contributed by atoms with van der Waals surface area (Å²) in [5.41, 5.74) is 6.31. The molecular formula is C66H87N5O7. The van der Waals surface area contributed by atoms with Crippen molar-refractivity contribution >= 4 is 73.9 Å². The van der Waals surface area contributed by atoms with Crippen molar-refractivity contribution < 1.29 is 38.4 Å². The van der Waals surface area contributed by atoms with Crippen molar-refractivity contribution in [1.29, 1.82) is 0 Å². The van der Waals surface area contributed by atoms with E-state index in [-0.39, 0.29) is 70.1 Å². The van der Waals surface area contributed by atoms with E-state index in [0.29, 0.717) is 19.5 Å². The van der Waals surface area contributed by atoms with Crippen LogP contribution in [0.2, 0.25) is 0 Å². The summed E-state index contributed by atoms with van der Waals surface area (Å²) in [6, 6.07) is 32.5. The third-order valence-electron chi connectivity index (χ3n) is 14.8. The minimum atomic E-state index is -1.13. The number of rotatable bonds is 6. The minimum absolute atomic E-state index is 0. The Hall–Kier alpha value is -7.21. The number of carbonyl (C=O) groups is 6. The first-order chi connectivity index (χ1) is 36.9. The molecule has 3 aliphatic heterocycles. The topological polar surface area (TPSA) is 165 Å². The lowest BCUT2D eigenvalue weighted by Crippen LogP contribution is -2.47. The van der Waals surface area contributed by atoms with E-state index in [2.05, 4.69) is 126 Å². The van der Waals surface area contributed by atoms with Gasteiger partial charge in [-0.15, -0.1) is 0 Å². The van der Waals surface area contributed by atoms with Gasteiger partial charge in [0.05, 0.1) is 29.8 Å². The normalized spacial score (nSPS) is 19.9. The summed E-state index contributed by atoms with van der Waals surface area (Å²) in [7, 11) is 0. The maximum absolute atomic E-state index is 14.3. The highest BCUT2D eigenvalue weighted by Crippen LogP contribution is 2.51. The van der Waals surface area contributed by atoms with Crippen LogP contribution in [0, 0.1) is 19.3 Å². The van der Waals surface area contributed by atoms with E-state index in [1.165, 1.54) is 12.5 Å². The molecule has 3 amide bonds. The first-order valence-electron chi connectivity index (χ1n) is 28.0. The number of allylic oxidation sites excluding steroid dienone is 4. The number of carboxylic acids is 1. The number of benzene rings is 5. The van der Waals surface area contributed by atoms with E-state index in [9.17, 15) is 33.9 Å². The Morgan fingerprint density at radius 3 is 1.99 bits per heavy atom. The molecule has 78 heavy (non-hydrogen) atoms. The molecule has 5 aromatic rings. The zero-order valence-electron chi connectivity index (χ0n) is 48.7. The largest absolute Gasteiger partial charge is 0.481 e. The summed E-state index contributed by atoms with van der Waals surface area (Å²) in [6.45, 7) is 24.9. The lowest BCUT2D eigenvalue weighted by Gasteiger charge is -2.27. The summed E-state index contributed by atoms with van der Waals surface area (Å²) in [4.78, 5) is 83.8. The van der Waals surface area contributed by atoms with E-state index in [4.69, 9.17) is 0 Å². The Labute approximate surface area is 464 Å². The van der Waals surface area contributed by atoms with Crippen molar-refractivity contribution in [3.05, 3.63) is 151 Å². The van der Waals surface area contributed by atoms with E-state index in [1.54, 1.807) is 6.92 Å². The molecule has 5 aromatic carbocycles. The van der Waals surface area contributed by atoms with E-state index >= 15 is 0 Å². The molecule has 8 rings (SSSR count). The maximum atomic E-state index is 14.3. The number of nitrogens with one attached hydrogen (secondary N) is 3. The Balaban J connectivity index is 0.00000181. The van der Waals surface area contributed by atoms with Crippen LogP contribution in [0.25, 0.3) is 21.5 Å². The number of Topliss-reactive ketones (excluding diaryl/α,β-unsaturated/α-hetero) is 2. The Morgan fingerprint density at radius 1 is 0.744 bits per heavy atom. The summed E-state index contributed by atoms with van der Waals surface area (Å²) in [6.07, 6.45) is 6.79. The van der Waals surface area contributed by atoms with Crippen LogP contribution in [0.3, 0.4) is 0 Å². The van der Waals surface area contributed by atoms with Gasteiger partial charge in [-0.25, -0.2) is 0 Å². The second kappa shape index (κ2) is 29.0. The van der Waals surface area contributed by atoms with Gasteiger partial charge in [-0.3, -0.25) is 28.8 Å². The van der Waals surface area contributed by atoms with Crippen LogP contribution >= 0.6 is 0 Å². The maximum Gasteiger partial charge on any atom is 0.306 e. The third-order valence-corrected chi connectivity index (χ3v) is 14.8. The summed E-state index contributed by atoms with van der Waals surface area (Å²) in [5, 5.41) is 23.0. The number of nitrogens with zero attached hydrogens (tertiary/aromatic N) is 2. The highest BCUT2D eigenvalue weighted by Gasteiger charge is 2.46. The molecule has 4 N–H and O–H groups in total. The number of fused-ring (bicyclic) bond motifs is 9. The predicted molar refractivity (Wildman–Crippen MR) is 319 cm³/mol. The molecule has 12 heteroatoms. The molecule has 12 nitrogen and oxygen atoms in total. The average molecular weight is 1060 g/mol. The standard InChI is InChI=1S/C59H65N5O7.3C2H6.CH3/c1-37(57(70)71)34-49(66)45-22-15-31-60-52(67)29-32-63-46-27-25-40-18-10-12-20-43(40)54(46)58(3,4)50(63)23-14-24-51-59(5,6)55-44-21-13-11-19-41(44)26-28-47(55)64(51)33-30-53(68)61-38(2)48(65)36-42(56(69)62-45)35-39-16-8-7-9-17-39;3*1-2;/h7-14,16-21,23-28,37-38,42,45H,15,22,29-36H2,1-6H3,(H3-,60,61,62,67,68,69,70,71);3*1-2H3;1H3/q;;;;-1/p+1/t37-,38+,42+,45+;;;;/m1..../s1. The summed E-state index contributed by atoms with van der Waals surface area (Å²) < 4.78 is 2.24. The number of hydrogen-bond acceptors (Lipinski definition) is 7. The Kier molecular flexibility index (Phi) is 23.5. The lowest BCUT2D eigenvalue weighted by atomic mass is 9.79. The molecule has 3 heterocycles. The molecule has 0 radical (unpaired) electrons. The molecule has 0 spiro atoms. The number of anilines is 1. The van der Waals surface area contributed by atoms with Gasteiger partial charge in [-0.05, 0) is 90.9 Å². The van der Waals surface area contributed by atoms with E-state index < -0.39 is 52.4 Å². The fourth-order valence-corrected chi connectivity index (χ4v) is 10.9. The number of carbonyl (C=O) groups excluding carboxylic acids is 5. The molecule has 0 saturated carbocycles. The van der Waals surface area contributed by atoms with Gasteiger partial charge in [0.2, 0.25) is 23.4 Å². The summed E-state index contributed by atoms with van der Waals surface area (Å²) >= 11 is 0. The average Bonchev–Trinajstić information content (AvgIpc) is 3.89. The van der Waals surface area contributed by atoms with Gasteiger partial charge in [0, 0.05) is 72.8 Å². The fraction of sp³-hybridized carbons (Fsp3) is 0.424. The van der Waals surface area contributed by atoms with Gasteiger partial charge < -0.3 is 33.4 Å². The number of aliphatic carboxylic acids is 1. The monoisotopic (exact) mass is 1060 g/mol. The Morgan fingerprint density at radius 2 is 1.35 bits per heavy atom. The zero-order valence-corrected chi connectivity index (χ0v) is 48.7. The van der Waals surface area contributed by atoms with Gasteiger partial charge in [0.15, 0.2) is 23.8 Å². The molecular weight excluding hydrogens is 975 g/mol. The predicted octanol–water partition coefficient (Wildman–Crippen LogP) is 12.3. The number of ketones is 2. The summed E-state index contributed by atoms with van der Waals surface area (Å²) in [5.74, 6) is -4.82. The highest BCUT2D eigenvalue weighted by molar-refractivity contribution is 6.08. The van der Waals surface area contributed by atoms with Gasteiger partial charge >= 0.3 is 5.97 Å². The van der Waals surface area contributed by atoms with Crippen LogP contribution in [-0.2, 0) is 46.0 Å². The van der Waals surface area contributed by atoms with Gasteiger partial charge in [-0.2, -0.15) is 4.58 Å². The molecule has 0 unspecified atom stereocenters. The molecule has 4 atom stereocenters. The van der Waals surface area contributed by atoms with Crippen molar-refractivity contribution in [3.63, 3.8) is 0 Å². The van der Waals surface area contributed by atoms with Crippen molar-refractivity contribution in [2.75, 3.05) is 24.5 Å². The lowest BCUT2D eigenvalue weighted by molar-refractivity contribution is -0.436. The third kappa shape index (κ3) is 14.5. The highest BCUT2D eigenvalue weighted by atomic mass is 16.4. The quantitative estimate of drug-likeness (QED) is 0.0964.